The molecule has 0 spiro atoms. The van der Waals surface area contributed by atoms with Crippen molar-refractivity contribution in [1.82, 2.24) is 9.80 Å². The van der Waals surface area contributed by atoms with E-state index in [1.165, 1.54) is 38.5 Å². The maximum absolute atomic E-state index is 13.0. The number of anilines is 1. The zero-order chi connectivity index (χ0) is 13.8. The van der Waals surface area contributed by atoms with E-state index in [1.807, 2.05) is 6.07 Å². The summed E-state index contributed by atoms with van der Waals surface area (Å²) in [6.07, 6.45) is 2.88. The van der Waals surface area contributed by atoms with E-state index in [0.29, 0.717) is 0 Å². The van der Waals surface area contributed by atoms with Gasteiger partial charge in [0.2, 0.25) is 0 Å². The van der Waals surface area contributed by atoms with E-state index >= 15 is 0 Å². The van der Waals surface area contributed by atoms with Crippen LogP contribution >= 0.6 is 0 Å². The third kappa shape index (κ3) is 4.18. The Balaban J connectivity index is 1.33. The van der Waals surface area contributed by atoms with E-state index in [9.17, 15) is 4.39 Å². The van der Waals surface area contributed by atoms with Crippen molar-refractivity contribution in [3.8, 4) is 0 Å². The fourth-order valence-corrected chi connectivity index (χ4v) is 2.82. The minimum absolute atomic E-state index is 0.177. The van der Waals surface area contributed by atoms with Gasteiger partial charge in [0.05, 0.1) is 0 Å². The molecule has 1 heterocycles. The first-order valence-corrected chi connectivity index (χ1v) is 7.74. The standard InChI is InChI=1S/C16H24FN3/c17-15-2-1-3-16(12-15)18-6-7-19-8-10-20(11-9-19)13-14-4-5-14/h1-3,12,14,18H,4-11,13H2. The van der Waals surface area contributed by atoms with Crippen molar-refractivity contribution in [3.05, 3.63) is 30.1 Å². The summed E-state index contributed by atoms with van der Waals surface area (Å²) < 4.78 is 13.0. The highest BCUT2D eigenvalue weighted by molar-refractivity contribution is 5.42. The molecular weight excluding hydrogens is 253 g/mol. The molecule has 3 nitrogen and oxygen atoms in total. The van der Waals surface area contributed by atoms with Gasteiger partial charge in [0.1, 0.15) is 5.82 Å². The van der Waals surface area contributed by atoms with Crippen LogP contribution < -0.4 is 5.32 Å². The second-order valence-electron chi connectivity index (χ2n) is 6.02. The summed E-state index contributed by atoms with van der Waals surface area (Å²) in [5, 5.41) is 3.29. The molecule has 1 aliphatic heterocycles. The maximum atomic E-state index is 13.0. The minimum Gasteiger partial charge on any atom is -0.384 e. The summed E-state index contributed by atoms with van der Waals surface area (Å²) in [6.45, 7) is 7.97. The number of nitrogens with zero attached hydrogens (tertiary/aromatic N) is 2. The first kappa shape index (κ1) is 13.8. The van der Waals surface area contributed by atoms with Crippen LogP contribution in [0.1, 0.15) is 12.8 Å². The van der Waals surface area contributed by atoms with Gasteiger partial charge in [-0.3, -0.25) is 4.90 Å². The topological polar surface area (TPSA) is 18.5 Å². The van der Waals surface area contributed by atoms with Crippen LogP contribution in [0.4, 0.5) is 10.1 Å². The minimum atomic E-state index is -0.177. The molecule has 1 aliphatic carbocycles. The van der Waals surface area contributed by atoms with Gasteiger partial charge < -0.3 is 10.2 Å². The molecule has 0 unspecified atom stereocenters. The molecule has 1 saturated carbocycles. The third-order valence-corrected chi connectivity index (χ3v) is 4.26. The van der Waals surface area contributed by atoms with E-state index < -0.39 is 0 Å². The van der Waals surface area contributed by atoms with Crippen molar-refractivity contribution in [2.75, 3.05) is 51.1 Å². The normalized spacial score (nSPS) is 21.1. The average Bonchev–Trinajstić information content (AvgIpc) is 3.25. The molecule has 0 radical (unpaired) electrons. The predicted molar refractivity (Wildman–Crippen MR) is 80.5 cm³/mol. The van der Waals surface area contributed by atoms with E-state index in [0.717, 1.165) is 37.8 Å². The first-order valence-electron chi connectivity index (χ1n) is 7.74. The highest BCUT2D eigenvalue weighted by atomic mass is 19.1. The lowest BCUT2D eigenvalue weighted by Gasteiger charge is -2.34. The van der Waals surface area contributed by atoms with Crippen molar-refractivity contribution < 1.29 is 4.39 Å². The molecule has 3 rings (SSSR count). The van der Waals surface area contributed by atoms with E-state index in [-0.39, 0.29) is 5.82 Å². The average molecular weight is 277 g/mol. The second kappa shape index (κ2) is 6.55. The zero-order valence-corrected chi connectivity index (χ0v) is 12.0. The largest absolute Gasteiger partial charge is 0.384 e. The Labute approximate surface area is 120 Å². The number of hydrogen-bond acceptors (Lipinski definition) is 3. The number of hydrogen-bond donors (Lipinski definition) is 1. The van der Waals surface area contributed by atoms with Crippen molar-refractivity contribution >= 4 is 5.69 Å². The van der Waals surface area contributed by atoms with Crippen LogP contribution in [0.5, 0.6) is 0 Å². The van der Waals surface area contributed by atoms with Gasteiger partial charge in [-0.15, -0.1) is 0 Å². The molecule has 0 amide bonds. The molecule has 4 heteroatoms. The van der Waals surface area contributed by atoms with E-state index in [1.54, 1.807) is 12.1 Å². The Morgan fingerprint density at radius 1 is 1.10 bits per heavy atom. The quantitative estimate of drug-likeness (QED) is 0.860. The van der Waals surface area contributed by atoms with Gasteiger partial charge in [0, 0.05) is 51.5 Å². The lowest BCUT2D eigenvalue weighted by atomic mass is 10.2. The molecule has 0 aromatic heterocycles. The number of nitrogens with one attached hydrogen (secondary N) is 1. The van der Waals surface area contributed by atoms with Gasteiger partial charge in [0.25, 0.3) is 0 Å². The Bertz CT molecular complexity index is 425. The van der Waals surface area contributed by atoms with Crippen LogP contribution in [-0.2, 0) is 0 Å². The second-order valence-corrected chi connectivity index (χ2v) is 6.02. The van der Waals surface area contributed by atoms with Crippen LogP contribution in [0, 0.1) is 11.7 Å². The molecule has 1 N–H and O–H groups in total. The maximum Gasteiger partial charge on any atom is 0.125 e. The van der Waals surface area contributed by atoms with Crippen molar-refractivity contribution in [2.24, 2.45) is 5.92 Å². The molecule has 20 heavy (non-hydrogen) atoms. The number of rotatable bonds is 6. The number of piperazine rings is 1. The van der Waals surface area contributed by atoms with Crippen LogP contribution in [0.25, 0.3) is 0 Å². The molecule has 2 fully saturated rings. The summed E-state index contributed by atoms with van der Waals surface area (Å²) in [4.78, 5) is 5.10. The summed E-state index contributed by atoms with van der Waals surface area (Å²) in [5.41, 5.74) is 0.873. The molecule has 1 saturated heterocycles. The smallest absolute Gasteiger partial charge is 0.125 e. The Morgan fingerprint density at radius 2 is 1.85 bits per heavy atom. The van der Waals surface area contributed by atoms with E-state index in [4.69, 9.17) is 0 Å². The van der Waals surface area contributed by atoms with Crippen LogP contribution in [0.3, 0.4) is 0 Å². The van der Waals surface area contributed by atoms with Gasteiger partial charge >= 0.3 is 0 Å². The van der Waals surface area contributed by atoms with Gasteiger partial charge in [-0.2, -0.15) is 0 Å². The monoisotopic (exact) mass is 277 g/mol. The van der Waals surface area contributed by atoms with Crippen LogP contribution in [0.2, 0.25) is 0 Å². The van der Waals surface area contributed by atoms with Crippen molar-refractivity contribution in [3.63, 3.8) is 0 Å². The third-order valence-electron chi connectivity index (χ3n) is 4.26. The Morgan fingerprint density at radius 3 is 2.55 bits per heavy atom. The molecule has 2 aliphatic rings. The van der Waals surface area contributed by atoms with Crippen molar-refractivity contribution in [1.29, 1.82) is 0 Å². The molecular formula is C16H24FN3. The molecule has 110 valence electrons. The highest BCUT2D eigenvalue weighted by Crippen LogP contribution is 2.29. The van der Waals surface area contributed by atoms with Gasteiger partial charge in [-0.25, -0.2) is 4.39 Å². The lowest BCUT2D eigenvalue weighted by Crippen LogP contribution is -2.48. The van der Waals surface area contributed by atoms with Crippen LogP contribution in [0.15, 0.2) is 24.3 Å². The molecule has 1 aromatic rings. The Hall–Kier alpha value is -1.13. The summed E-state index contributed by atoms with van der Waals surface area (Å²) in [5.74, 6) is 0.819. The van der Waals surface area contributed by atoms with Crippen LogP contribution in [-0.4, -0.2) is 55.6 Å². The van der Waals surface area contributed by atoms with Gasteiger partial charge in [0.15, 0.2) is 0 Å². The van der Waals surface area contributed by atoms with Gasteiger partial charge in [-0.1, -0.05) is 6.07 Å². The zero-order valence-electron chi connectivity index (χ0n) is 12.0. The fraction of sp³-hybridized carbons (Fsp3) is 0.625. The van der Waals surface area contributed by atoms with Gasteiger partial charge in [-0.05, 0) is 37.0 Å². The highest BCUT2D eigenvalue weighted by Gasteiger charge is 2.26. The molecule has 0 bridgehead atoms. The number of halogens is 1. The molecule has 0 atom stereocenters. The summed E-state index contributed by atoms with van der Waals surface area (Å²) in [7, 11) is 0. The van der Waals surface area contributed by atoms with E-state index in [2.05, 4.69) is 15.1 Å². The Kier molecular flexibility index (Phi) is 4.53. The fourth-order valence-electron chi connectivity index (χ4n) is 2.82. The summed E-state index contributed by atoms with van der Waals surface area (Å²) in [6, 6.07) is 6.68. The molecule has 1 aromatic carbocycles. The first-order chi connectivity index (χ1) is 9.79. The SMILES string of the molecule is Fc1cccc(NCCN2CCN(CC3CC3)CC2)c1. The summed E-state index contributed by atoms with van der Waals surface area (Å²) >= 11 is 0. The lowest BCUT2D eigenvalue weighted by molar-refractivity contribution is 0.132. The number of benzene rings is 1. The van der Waals surface area contributed by atoms with Crippen molar-refractivity contribution in [2.45, 2.75) is 12.8 Å². The predicted octanol–water partition coefficient (Wildman–Crippen LogP) is 2.27.